The lowest BCUT2D eigenvalue weighted by molar-refractivity contribution is -0.117. The van der Waals surface area contributed by atoms with Crippen molar-refractivity contribution in [2.24, 2.45) is 11.8 Å². The van der Waals surface area contributed by atoms with Crippen LogP contribution in [0.5, 0.6) is 5.75 Å². The van der Waals surface area contributed by atoms with Crippen LogP contribution in [0.2, 0.25) is 5.02 Å². The lowest BCUT2D eigenvalue weighted by Gasteiger charge is -2.18. The van der Waals surface area contributed by atoms with Crippen LogP contribution in [0.3, 0.4) is 0 Å². The topological polar surface area (TPSA) is 77.5 Å². The van der Waals surface area contributed by atoms with Crippen LogP contribution < -0.4 is 10.1 Å². The van der Waals surface area contributed by atoms with Gasteiger partial charge in [0.25, 0.3) is 0 Å². The molecule has 0 aliphatic heterocycles. The van der Waals surface area contributed by atoms with E-state index in [1.807, 2.05) is 0 Å². The van der Waals surface area contributed by atoms with Gasteiger partial charge in [0.05, 0.1) is 34.9 Å². The molecule has 0 radical (unpaired) electrons. The summed E-state index contributed by atoms with van der Waals surface area (Å²) in [7, 11) is 1.28. The summed E-state index contributed by atoms with van der Waals surface area (Å²) in [5, 5.41) is 2.60. The molecule has 0 bridgehead atoms. The van der Waals surface area contributed by atoms with Crippen LogP contribution in [0.15, 0.2) is 54.7 Å². The molecule has 1 N–H and O–H groups in total. The quantitative estimate of drug-likeness (QED) is 0.310. The monoisotopic (exact) mass is 532 g/mol. The minimum atomic E-state index is -3.15. The minimum absolute atomic E-state index is 0.178. The first-order chi connectivity index (χ1) is 17.7. The number of carbonyl (C=O) groups is 2. The van der Waals surface area contributed by atoms with E-state index in [4.69, 9.17) is 11.6 Å². The Bertz CT molecular complexity index is 1290. The van der Waals surface area contributed by atoms with E-state index < -0.39 is 24.3 Å². The second kappa shape index (κ2) is 11.2. The Morgan fingerprint density at radius 1 is 1.14 bits per heavy atom. The Balaban J connectivity index is 1.59. The molecule has 0 saturated heterocycles. The van der Waals surface area contributed by atoms with Gasteiger partial charge in [-0.15, -0.1) is 0 Å². The van der Waals surface area contributed by atoms with Gasteiger partial charge in [0.15, 0.2) is 5.82 Å². The molecule has 6 nitrogen and oxygen atoms in total. The van der Waals surface area contributed by atoms with E-state index >= 15 is 0 Å². The molecule has 1 aliphatic rings. The van der Waals surface area contributed by atoms with Gasteiger partial charge < -0.3 is 14.8 Å². The van der Waals surface area contributed by atoms with Crippen molar-refractivity contribution >= 4 is 29.2 Å². The lowest BCUT2D eigenvalue weighted by Crippen LogP contribution is -2.23. The number of benzene rings is 2. The van der Waals surface area contributed by atoms with Gasteiger partial charge in [-0.1, -0.05) is 24.6 Å². The van der Waals surface area contributed by atoms with Gasteiger partial charge in [-0.2, -0.15) is 8.78 Å². The van der Waals surface area contributed by atoms with Gasteiger partial charge in [-0.05, 0) is 67.1 Å². The van der Waals surface area contributed by atoms with E-state index in [1.54, 1.807) is 30.3 Å². The zero-order valence-corrected chi connectivity index (χ0v) is 20.8. The second-order valence-corrected chi connectivity index (χ2v) is 9.31. The highest BCUT2D eigenvalue weighted by Crippen LogP contribution is 2.45. The summed E-state index contributed by atoms with van der Waals surface area (Å²) >= 11 is 5.87. The predicted molar refractivity (Wildman–Crippen MR) is 132 cm³/mol. The Morgan fingerprint density at radius 2 is 1.84 bits per heavy atom. The SMILES string of the molecule is COC(=O)c1ccc(NC(=O)C(CC2CC2C)c2ccc(-c3c(OC(F)F)ccc(Cl)c3F)cn2)cc1. The molecule has 1 fully saturated rings. The summed E-state index contributed by atoms with van der Waals surface area (Å²) < 4.78 is 49.7. The number of hydrogen-bond acceptors (Lipinski definition) is 5. The van der Waals surface area contributed by atoms with Crippen LogP contribution in [0.25, 0.3) is 11.1 Å². The van der Waals surface area contributed by atoms with Gasteiger partial charge in [-0.3, -0.25) is 9.78 Å². The van der Waals surface area contributed by atoms with Crippen molar-refractivity contribution < 1.29 is 32.2 Å². The molecule has 1 saturated carbocycles. The van der Waals surface area contributed by atoms with E-state index in [0.29, 0.717) is 35.2 Å². The third kappa shape index (κ3) is 6.22. The van der Waals surface area contributed by atoms with Crippen molar-refractivity contribution in [1.29, 1.82) is 0 Å². The van der Waals surface area contributed by atoms with Crippen LogP contribution >= 0.6 is 11.6 Å². The standard InChI is InChI=1S/C27H24ClF3N2O4/c1-14-11-17(14)12-19(25(34)33-18-6-3-15(4-7-18)26(35)36-2)21-9-5-16(13-32-21)23-22(37-27(30)31)10-8-20(28)24(23)29/h3-10,13-14,17,19,27H,11-12H2,1-2H3,(H,33,34). The first-order valence-electron chi connectivity index (χ1n) is 11.6. The summed E-state index contributed by atoms with van der Waals surface area (Å²) in [5.41, 5.74) is 1.24. The largest absolute Gasteiger partial charge is 0.465 e. The number of ether oxygens (including phenoxy) is 2. The summed E-state index contributed by atoms with van der Waals surface area (Å²) in [6, 6.07) is 11.7. The molecule has 194 valence electrons. The van der Waals surface area contributed by atoms with Crippen LogP contribution in [0.1, 0.15) is 41.7 Å². The number of rotatable bonds is 9. The van der Waals surface area contributed by atoms with Crippen LogP contribution in [-0.2, 0) is 9.53 Å². The number of carbonyl (C=O) groups excluding carboxylic acids is 2. The fraction of sp³-hybridized carbons (Fsp3) is 0.296. The zero-order valence-electron chi connectivity index (χ0n) is 20.0. The lowest BCUT2D eigenvalue weighted by atomic mass is 9.94. The molecule has 3 unspecified atom stereocenters. The van der Waals surface area contributed by atoms with Crippen molar-refractivity contribution in [3.63, 3.8) is 0 Å². The number of alkyl halides is 2. The molecule has 1 aliphatic carbocycles. The number of esters is 1. The van der Waals surface area contributed by atoms with E-state index in [-0.39, 0.29) is 27.8 Å². The second-order valence-electron chi connectivity index (χ2n) is 8.90. The summed E-state index contributed by atoms with van der Waals surface area (Å²) in [5.74, 6) is -1.82. The van der Waals surface area contributed by atoms with E-state index in [1.165, 1.54) is 19.4 Å². The Kier molecular flexibility index (Phi) is 8.02. The highest BCUT2D eigenvalue weighted by Gasteiger charge is 2.37. The highest BCUT2D eigenvalue weighted by atomic mass is 35.5. The number of nitrogens with one attached hydrogen (secondary N) is 1. The summed E-state index contributed by atoms with van der Waals surface area (Å²) in [6.07, 6.45) is 2.87. The number of hydrogen-bond donors (Lipinski definition) is 1. The van der Waals surface area contributed by atoms with Gasteiger partial charge in [-0.25, -0.2) is 9.18 Å². The Hall–Kier alpha value is -3.59. The molecular weight excluding hydrogens is 509 g/mol. The summed E-state index contributed by atoms with van der Waals surface area (Å²) in [4.78, 5) is 29.3. The van der Waals surface area contributed by atoms with Crippen LogP contribution in [-0.4, -0.2) is 30.6 Å². The number of pyridine rings is 1. The minimum Gasteiger partial charge on any atom is -0.465 e. The van der Waals surface area contributed by atoms with E-state index in [0.717, 1.165) is 18.6 Å². The highest BCUT2D eigenvalue weighted by molar-refractivity contribution is 6.31. The number of anilines is 1. The predicted octanol–water partition coefficient (Wildman–Crippen LogP) is 6.70. The molecule has 1 heterocycles. The molecular formula is C27H24ClF3N2O4. The molecule has 0 spiro atoms. The fourth-order valence-electron chi connectivity index (χ4n) is 4.18. The van der Waals surface area contributed by atoms with Crippen molar-refractivity contribution in [2.75, 3.05) is 12.4 Å². The maximum atomic E-state index is 14.8. The molecule has 3 aromatic rings. The molecule has 37 heavy (non-hydrogen) atoms. The first kappa shape index (κ1) is 26.5. The van der Waals surface area contributed by atoms with E-state index in [2.05, 4.69) is 26.7 Å². The number of aromatic nitrogens is 1. The van der Waals surface area contributed by atoms with E-state index in [9.17, 15) is 22.8 Å². The van der Waals surface area contributed by atoms with Crippen molar-refractivity contribution in [1.82, 2.24) is 4.98 Å². The molecule has 10 heteroatoms. The zero-order chi connectivity index (χ0) is 26.7. The van der Waals surface area contributed by atoms with Crippen LogP contribution in [0.4, 0.5) is 18.9 Å². The normalized spacial score (nSPS) is 17.3. The Labute approximate surface area is 216 Å². The number of methoxy groups -OCH3 is 1. The fourth-order valence-corrected chi connectivity index (χ4v) is 4.34. The number of halogens is 4. The third-order valence-electron chi connectivity index (χ3n) is 6.41. The van der Waals surface area contributed by atoms with Crippen molar-refractivity contribution in [3.05, 3.63) is 76.8 Å². The number of nitrogens with zero attached hydrogens (tertiary/aromatic N) is 1. The third-order valence-corrected chi connectivity index (χ3v) is 6.70. The number of amides is 1. The van der Waals surface area contributed by atoms with Gasteiger partial charge in [0.2, 0.25) is 5.91 Å². The van der Waals surface area contributed by atoms with Gasteiger partial charge in [0.1, 0.15) is 5.75 Å². The van der Waals surface area contributed by atoms with Crippen LogP contribution in [0, 0.1) is 17.7 Å². The first-order valence-corrected chi connectivity index (χ1v) is 11.9. The maximum absolute atomic E-state index is 14.8. The Morgan fingerprint density at radius 3 is 2.41 bits per heavy atom. The molecule has 1 aromatic heterocycles. The summed E-state index contributed by atoms with van der Waals surface area (Å²) in [6.45, 7) is -1.05. The van der Waals surface area contributed by atoms with Crippen molar-refractivity contribution in [2.45, 2.75) is 32.3 Å². The molecule has 4 rings (SSSR count). The van der Waals surface area contributed by atoms with Gasteiger partial charge in [0, 0.05) is 17.4 Å². The average Bonchev–Trinajstić information content (AvgIpc) is 3.59. The molecule has 2 aromatic carbocycles. The van der Waals surface area contributed by atoms with Gasteiger partial charge >= 0.3 is 12.6 Å². The average molecular weight is 533 g/mol. The molecule has 1 amide bonds. The molecule has 3 atom stereocenters. The van der Waals surface area contributed by atoms with Crippen molar-refractivity contribution in [3.8, 4) is 16.9 Å². The maximum Gasteiger partial charge on any atom is 0.387 e. The smallest absolute Gasteiger partial charge is 0.387 e.